The van der Waals surface area contributed by atoms with Crippen molar-refractivity contribution in [1.29, 1.82) is 0 Å². The van der Waals surface area contributed by atoms with E-state index in [0.29, 0.717) is 26.3 Å². The van der Waals surface area contributed by atoms with Gasteiger partial charge in [0.2, 0.25) is 0 Å². The first kappa shape index (κ1) is 16.7. The van der Waals surface area contributed by atoms with Crippen LogP contribution in [0.1, 0.15) is 12.8 Å². The molecule has 0 amide bonds. The zero-order valence-electron chi connectivity index (χ0n) is 10.1. The number of aliphatic hydroxyl groups excluding tert-OH is 2. The fourth-order valence-corrected chi connectivity index (χ4v) is 0.999. The van der Waals surface area contributed by atoms with E-state index in [1.807, 2.05) is 0 Å². The third-order valence-electron chi connectivity index (χ3n) is 1.82. The Balaban J connectivity index is 3.35. The van der Waals surface area contributed by atoms with Crippen LogP contribution in [-0.2, 0) is 14.2 Å². The van der Waals surface area contributed by atoms with E-state index < -0.39 is 12.6 Å². The Morgan fingerprint density at radius 3 is 1.59 bits per heavy atom. The van der Waals surface area contributed by atoms with E-state index in [1.54, 1.807) is 0 Å². The highest BCUT2D eigenvalue weighted by Gasteiger charge is 2.11. The average molecular weight is 252 g/mol. The van der Waals surface area contributed by atoms with Crippen LogP contribution in [0.5, 0.6) is 0 Å². The first-order chi connectivity index (χ1) is 8.20. The molecule has 0 aliphatic heterocycles. The van der Waals surface area contributed by atoms with E-state index in [9.17, 15) is 10.2 Å². The van der Waals surface area contributed by atoms with Gasteiger partial charge in [-0.1, -0.05) is 0 Å². The minimum Gasteiger partial charge on any atom is -0.376 e. The van der Waals surface area contributed by atoms with Gasteiger partial charge in [-0.15, -0.1) is 0 Å². The lowest BCUT2D eigenvalue weighted by Crippen LogP contribution is -2.29. The third kappa shape index (κ3) is 12.0. The molecule has 0 saturated carbocycles. The van der Waals surface area contributed by atoms with E-state index >= 15 is 0 Å². The summed E-state index contributed by atoms with van der Waals surface area (Å²) in [4.78, 5) is 0. The molecule has 0 bridgehead atoms. The van der Waals surface area contributed by atoms with Crippen molar-refractivity contribution in [1.82, 2.24) is 0 Å². The summed E-state index contributed by atoms with van der Waals surface area (Å²) in [5.41, 5.74) is 10.5. The van der Waals surface area contributed by atoms with Gasteiger partial charge in [0.1, 0.15) is 0 Å². The molecule has 0 aliphatic rings. The number of hydrogen-bond acceptors (Lipinski definition) is 7. The van der Waals surface area contributed by atoms with Gasteiger partial charge in [-0.2, -0.15) is 0 Å². The molecule has 2 unspecified atom stereocenters. The second kappa shape index (κ2) is 12.2. The van der Waals surface area contributed by atoms with Crippen molar-refractivity contribution < 1.29 is 24.4 Å². The molecule has 104 valence electrons. The molecule has 0 rings (SSSR count). The Hall–Kier alpha value is -0.280. The molecule has 0 saturated heterocycles. The summed E-state index contributed by atoms with van der Waals surface area (Å²) in [6.45, 7) is 1.99. The number of ether oxygens (including phenoxy) is 3. The highest BCUT2D eigenvalue weighted by Crippen LogP contribution is 1.96. The maximum Gasteiger partial charge on any atom is 0.181 e. The quantitative estimate of drug-likeness (QED) is 0.243. The minimum absolute atomic E-state index is 0.000139. The molecule has 17 heavy (non-hydrogen) atoms. The lowest BCUT2D eigenvalue weighted by atomic mass is 10.5. The molecule has 0 fully saturated rings. The van der Waals surface area contributed by atoms with Crippen LogP contribution in [0.3, 0.4) is 0 Å². The molecule has 0 aromatic heterocycles. The van der Waals surface area contributed by atoms with Crippen LogP contribution < -0.4 is 11.5 Å². The summed E-state index contributed by atoms with van der Waals surface area (Å²) >= 11 is 0. The smallest absolute Gasteiger partial charge is 0.181 e. The number of aliphatic hydroxyl groups is 2. The van der Waals surface area contributed by atoms with E-state index in [0.717, 1.165) is 12.8 Å². The highest BCUT2D eigenvalue weighted by atomic mass is 16.7. The monoisotopic (exact) mass is 252 g/mol. The molecule has 6 N–H and O–H groups in total. The summed E-state index contributed by atoms with van der Waals surface area (Å²) in [6.07, 6.45) is -0.892. The van der Waals surface area contributed by atoms with Gasteiger partial charge in [0, 0.05) is 13.2 Å². The predicted molar refractivity (Wildman–Crippen MR) is 62.1 cm³/mol. The van der Waals surface area contributed by atoms with Crippen molar-refractivity contribution in [2.24, 2.45) is 11.5 Å². The summed E-state index contributed by atoms with van der Waals surface area (Å²) in [7, 11) is 0. The van der Waals surface area contributed by atoms with Gasteiger partial charge >= 0.3 is 0 Å². The second-order valence-electron chi connectivity index (χ2n) is 3.48. The Kier molecular flexibility index (Phi) is 12.0. The van der Waals surface area contributed by atoms with E-state index in [-0.39, 0.29) is 13.2 Å². The highest BCUT2D eigenvalue weighted by molar-refractivity contribution is 4.45. The van der Waals surface area contributed by atoms with Gasteiger partial charge in [-0.3, -0.25) is 0 Å². The maximum atomic E-state index is 9.31. The Bertz CT molecular complexity index is 146. The van der Waals surface area contributed by atoms with Crippen LogP contribution in [0, 0.1) is 0 Å². The van der Waals surface area contributed by atoms with Crippen LogP contribution in [0.2, 0.25) is 0 Å². The molecule has 7 nitrogen and oxygen atoms in total. The number of nitrogens with two attached hydrogens (primary N) is 2. The van der Waals surface area contributed by atoms with Crippen LogP contribution in [0.15, 0.2) is 0 Å². The second-order valence-corrected chi connectivity index (χ2v) is 3.48. The van der Waals surface area contributed by atoms with Gasteiger partial charge in [0.05, 0.1) is 13.2 Å². The first-order valence-electron chi connectivity index (χ1n) is 5.78. The van der Waals surface area contributed by atoms with Gasteiger partial charge in [0.25, 0.3) is 0 Å². The Labute approximate surface area is 102 Å². The molecule has 7 heteroatoms. The third-order valence-corrected chi connectivity index (χ3v) is 1.82. The fraction of sp³-hybridized carbons (Fsp3) is 1.00. The summed E-state index contributed by atoms with van der Waals surface area (Å²) < 4.78 is 14.9. The van der Waals surface area contributed by atoms with Crippen LogP contribution in [-0.4, -0.2) is 62.3 Å². The molecule has 0 aromatic rings. The SMILES string of the molecule is NCCCOCC(O)OC(O)COCCCN. The Morgan fingerprint density at radius 2 is 1.24 bits per heavy atom. The van der Waals surface area contributed by atoms with Crippen molar-refractivity contribution in [3.8, 4) is 0 Å². The number of rotatable bonds is 12. The molecular weight excluding hydrogens is 228 g/mol. The van der Waals surface area contributed by atoms with Crippen LogP contribution >= 0.6 is 0 Å². The normalized spacial score (nSPS) is 14.8. The van der Waals surface area contributed by atoms with Crippen molar-refractivity contribution in [2.45, 2.75) is 25.4 Å². The van der Waals surface area contributed by atoms with Gasteiger partial charge in [0.15, 0.2) is 12.6 Å². The van der Waals surface area contributed by atoms with E-state index in [4.69, 9.17) is 25.7 Å². The van der Waals surface area contributed by atoms with Crippen molar-refractivity contribution in [3.63, 3.8) is 0 Å². The molecule has 0 aliphatic carbocycles. The first-order valence-corrected chi connectivity index (χ1v) is 5.78. The van der Waals surface area contributed by atoms with Gasteiger partial charge < -0.3 is 35.9 Å². The Morgan fingerprint density at radius 1 is 0.824 bits per heavy atom. The molecule has 2 atom stereocenters. The lowest BCUT2D eigenvalue weighted by Gasteiger charge is -2.17. The minimum atomic E-state index is -1.17. The number of hydrogen-bond donors (Lipinski definition) is 4. The summed E-state index contributed by atoms with van der Waals surface area (Å²) in [6, 6.07) is 0. The lowest BCUT2D eigenvalue weighted by molar-refractivity contribution is -0.238. The topological polar surface area (TPSA) is 120 Å². The molecule has 0 spiro atoms. The standard InChI is InChI=1S/C10H24N2O5/c11-3-1-5-15-7-9(13)17-10(14)8-16-6-2-4-12/h9-10,13-14H,1-8,11-12H2. The van der Waals surface area contributed by atoms with E-state index in [2.05, 4.69) is 0 Å². The molecular formula is C10H24N2O5. The fourth-order valence-electron chi connectivity index (χ4n) is 0.999. The largest absolute Gasteiger partial charge is 0.376 e. The van der Waals surface area contributed by atoms with Crippen molar-refractivity contribution >= 4 is 0 Å². The summed E-state index contributed by atoms with van der Waals surface area (Å²) in [5.74, 6) is 0. The zero-order valence-corrected chi connectivity index (χ0v) is 10.1. The van der Waals surface area contributed by atoms with E-state index in [1.165, 1.54) is 0 Å². The summed E-state index contributed by atoms with van der Waals surface area (Å²) in [5, 5.41) is 18.6. The van der Waals surface area contributed by atoms with Gasteiger partial charge in [-0.05, 0) is 25.9 Å². The maximum absolute atomic E-state index is 9.31. The molecule has 0 heterocycles. The molecule has 0 radical (unpaired) electrons. The zero-order chi connectivity index (χ0) is 12.9. The van der Waals surface area contributed by atoms with Crippen molar-refractivity contribution in [2.75, 3.05) is 39.5 Å². The molecule has 0 aromatic carbocycles. The van der Waals surface area contributed by atoms with Gasteiger partial charge in [-0.25, -0.2) is 0 Å². The van der Waals surface area contributed by atoms with Crippen LogP contribution in [0.4, 0.5) is 0 Å². The average Bonchev–Trinajstić information content (AvgIpc) is 2.30. The predicted octanol–water partition coefficient (Wildman–Crippen LogP) is -1.63. The van der Waals surface area contributed by atoms with Crippen LogP contribution in [0.25, 0.3) is 0 Å². The van der Waals surface area contributed by atoms with Crippen molar-refractivity contribution in [3.05, 3.63) is 0 Å².